The molecule has 0 fully saturated rings. The third-order valence-corrected chi connectivity index (χ3v) is 16.4. The van der Waals surface area contributed by atoms with E-state index in [9.17, 15) is 4.80 Å². The molecule has 0 bridgehead atoms. The van der Waals surface area contributed by atoms with Crippen molar-refractivity contribution >= 4 is 50.3 Å². The standard InChI is InChI=1S/C22H40IN3O2Si2/c1-20(2,3)30(9,10)28-15-22(6,12-11-21(4,5)29(7,8)27)26-14-18(23)17-13-24-16-25-19(17)26/h13-14,16,27H,11-12,15H2,1-10H3. The molecule has 0 amide bonds. The summed E-state index contributed by atoms with van der Waals surface area (Å²) in [6.45, 7) is 22.8. The Morgan fingerprint density at radius 3 is 2.20 bits per heavy atom. The smallest absolute Gasteiger partial charge is 0.192 e. The Balaban J connectivity index is 2.47. The van der Waals surface area contributed by atoms with Gasteiger partial charge < -0.3 is 13.8 Å². The zero-order chi connectivity index (χ0) is 23.2. The first-order chi connectivity index (χ1) is 13.4. The Bertz CT molecular complexity index is 853. The normalized spacial score (nSPS) is 16.1. The number of hydrogen-bond donors (Lipinski definition) is 1. The molecule has 2 rings (SSSR count). The van der Waals surface area contributed by atoms with Crippen LogP contribution in [0.25, 0.3) is 11.0 Å². The van der Waals surface area contributed by atoms with Crippen LogP contribution in [-0.4, -0.2) is 42.6 Å². The van der Waals surface area contributed by atoms with Gasteiger partial charge in [0, 0.05) is 16.0 Å². The predicted octanol–water partition coefficient (Wildman–Crippen LogP) is 6.53. The second-order valence-electron chi connectivity index (χ2n) is 11.6. The second-order valence-corrected chi connectivity index (χ2v) is 22.0. The lowest BCUT2D eigenvalue weighted by molar-refractivity contribution is 0.140. The molecule has 2 aromatic heterocycles. The molecule has 0 radical (unpaired) electrons. The quantitative estimate of drug-likeness (QED) is 0.294. The van der Waals surface area contributed by atoms with Gasteiger partial charge in [-0.05, 0) is 78.6 Å². The van der Waals surface area contributed by atoms with E-state index in [0.717, 1.165) is 27.4 Å². The summed E-state index contributed by atoms with van der Waals surface area (Å²) in [5, 5.41) is 1.14. The molecule has 0 aliphatic carbocycles. The molecule has 30 heavy (non-hydrogen) atoms. The third-order valence-electron chi connectivity index (χ3n) is 7.50. The average molecular weight is 562 g/mol. The Labute approximate surface area is 198 Å². The van der Waals surface area contributed by atoms with Crippen molar-refractivity contribution in [1.82, 2.24) is 14.5 Å². The number of halogens is 1. The Kier molecular flexibility index (Phi) is 7.42. The van der Waals surface area contributed by atoms with Crippen molar-refractivity contribution < 1.29 is 9.22 Å². The first-order valence-corrected chi connectivity index (χ1v) is 17.7. The number of nitrogens with zero attached hydrogens (tertiary/aromatic N) is 3. The van der Waals surface area contributed by atoms with E-state index >= 15 is 0 Å². The SMILES string of the molecule is CC(CCC(C)(C)[Si](C)(C)O)(CO[Si](C)(C)C(C)(C)C)n1cc(I)c2cncnc21. The van der Waals surface area contributed by atoms with E-state index in [1.165, 1.54) is 0 Å². The second kappa shape index (κ2) is 8.57. The van der Waals surface area contributed by atoms with Crippen LogP contribution >= 0.6 is 22.6 Å². The molecular formula is C22H40IN3O2Si2. The maximum Gasteiger partial charge on any atom is 0.192 e. The molecule has 0 saturated carbocycles. The lowest BCUT2D eigenvalue weighted by Crippen LogP contribution is -2.47. The van der Waals surface area contributed by atoms with Crippen LogP contribution in [-0.2, 0) is 9.96 Å². The van der Waals surface area contributed by atoms with Crippen molar-refractivity contribution in [3.8, 4) is 0 Å². The number of aromatic nitrogens is 3. The fourth-order valence-electron chi connectivity index (χ4n) is 3.04. The van der Waals surface area contributed by atoms with Gasteiger partial charge in [-0.3, -0.25) is 0 Å². The van der Waals surface area contributed by atoms with Gasteiger partial charge in [0.25, 0.3) is 0 Å². The molecule has 0 aliphatic rings. The van der Waals surface area contributed by atoms with Gasteiger partial charge in [0.2, 0.25) is 0 Å². The molecule has 1 unspecified atom stereocenters. The zero-order valence-electron chi connectivity index (χ0n) is 20.4. The van der Waals surface area contributed by atoms with Crippen molar-refractivity contribution in [2.45, 2.75) is 96.2 Å². The largest absolute Gasteiger partial charge is 0.432 e. The summed E-state index contributed by atoms with van der Waals surface area (Å²) in [6, 6.07) is 0. The summed E-state index contributed by atoms with van der Waals surface area (Å²) >= 11 is 2.37. The summed E-state index contributed by atoms with van der Waals surface area (Å²) in [5.41, 5.74) is 0.691. The van der Waals surface area contributed by atoms with E-state index in [1.807, 2.05) is 19.3 Å². The highest BCUT2D eigenvalue weighted by Crippen LogP contribution is 2.44. The van der Waals surface area contributed by atoms with Crippen molar-refractivity contribution in [1.29, 1.82) is 0 Å². The first kappa shape index (κ1) is 26.0. The van der Waals surface area contributed by atoms with E-state index in [2.05, 4.69) is 98.0 Å². The van der Waals surface area contributed by atoms with E-state index in [0.29, 0.717) is 6.61 Å². The lowest BCUT2D eigenvalue weighted by Gasteiger charge is -2.43. The van der Waals surface area contributed by atoms with Crippen LogP contribution in [0.15, 0.2) is 18.7 Å². The van der Waals surface area contributed by atoms with Gasteiger partial charge in [0.05, 0.1) is 17.5 Å². The van der Waals surface area contributed by atoms with Gasteiger partial charge in [0.15, 0.2) is 16.6 Å². The molecule has 0 aliphatic heterocycles. The van der Waals surface area contributed by atoms with Crippen LogP contribution in [0.2, 0.25) is 36.3 Å². The van der Waals surface area contributed by atoms with Crippen molar-refractivity contribution in [3.05, 3.63) is 22.3 Å². The molecule has 5 nitrogen and oxygen atoms in total. The maximum atomic E-state index is 10.8. The Morgan fingerprint density at radius 1 is 1.07 bits per heavy atom. The van der Waals surface area contributed by atoms with Crippen LogP contribution in [0.3, 0.4) is 0 Å². The lowest BCUT2D eigenvalue weighted by atomic mass is 9.91. The minimum Gasteiger partial charge on any atom is -0.432 e. The molecule has 0 saturated heterocycles. The molecular weight excluding hydrogens is 521 g/mol. The molecule has 0 aromatic carbocycles. The fraction of sp³-hybridized carbons (Fsp3) is 0.727. The van der Waals surface area contributed by atoms with E-state index in [4.69, 9.17) is 4.43 Å². The summed E-state index contributed by atoms with van der Waals surface area (Å²) in [4.78, 5) is 19.7. The Hall–Kier alpha value is -0.296. The van der Waals surface area contributed by atoms with Crippen LogP contribution in [0.4, 0.5) is 0 Å². The van der Waals surface area contributed by atoms with Gasteiger partial charge in [-0.25, -0.2) is 9.97 Å². The third kappa shape index (κ3) is 5.36. The van der Waals surface area contributed by atoms with Gasteiger partial charge in [0.1, 0.15) is 12.0 Å². The summed E-state index contributed by atoms with van der Waals surface area (Å²) in [6.07, 6.45) is 7.54. The molecule has 1 atom stereocenters. The van der Waals surface area contributed by atoms with Gasteiger partial charge in [-0.2, -0.15) is 0 Å². The number of hydrogen-bond acceptors (Lipinski definition) is 4. The van der Waals surface area contributed by atoms with Gasteiger partial charge in [-0.15, -0.1) is 0 Å². The summed E-state index contributed by atoms with van der Waals surface area (Å²) in [5.74, 6) is 0. The zero-order valence-corrected chi connectivity index (χ0v) is 24.6. The molecule has 0 spiro atoms. The number of fused-ring (bicyclic) bond motifs is 1. The maximum absolute atomic E-state index is 10.8. The van der Waals surface area contributed by atoms with Crippen molar-refractivity contribution in [3.63, 3.8) is 0 Å². The fourth-order valence-corrected chi connectivity index (χ4v) is 5.54. The van der Waals surface area contributed by atoms with E-state index in [1.54, 1.807) is 6.33 Å². The molecule has 2 heterocycles. The molecule has 8 heteroatoms. The first-order valence-electron chi connectivity index (χ1n) is 10.7. The highest BCUT2D eigenvalue weighted by atomic mass is 127. The van der Waals surface area contributed by atoms with E-state index < -0.39 is 16.6 Å². The minimum atomic E-state index is -2.29. The van der Waals surface area contributed by atoms with Crippen LogP contribution in [0.1, 0.15) is 54.4 Å². The highest BCUT2D eigenvalue weighted by Gasteiger charge is 2.43. The van der Waals surface area contributed by atoms with Crippen LogP contribution in [0.5, 0.6) is 0 Å². The summed E-state index contributed by atoms with van der Waals surface area (Å²) in [7, 11) is -4.20. The van der Waals surface area contributed by atoms with E-state index in [-0.39, 0.29) is 15.6 Å². The molecule has 170 valence electrons. The predicted molar refractivity (Wildman–Crippen MR) is 140 cm³/mol. The van der Waals surface area contributed by atoms with Gasteiger partial charge in [-0.1, -0.05) is 34.6 Å². The monoisotopic (exact) mass is 561 g/mol. The highest BCUT2D eigenvalue weighted by molar-refractivity contribution is 14.1. The minimum absolute atomic E-state index is 0.0870. The Morgan fingerprint density at radius 2 is 1.67 bits per heavy atom. The van der Waals surface area contributed by atoms with Gasteiger partial charge >= 0.3 is 0 Å². The summed E-state index contributed by atoms with van der Waals surface area (Å²) < 4.78 is 10.2. The van der Waals surface area contributed by atoms with Crippen LogP contribution < -0.4 is 0 Å². The average Bonchev–Trinajstić information content (AvgIpc) is 2.94. The molecule has 2 aromatic rings. The van der Waals surface area contributed by atoms with Crippen LogP contribution in [0, 0.1) is 3.57 Å². The molecule has 1 N–H and O–H groups in total. The number of rotatable bonds is 8. The topological polar surface area (TPSA) is 60.2 Å². The van der Waals surface area contributed by atoms with Crippen molar-refractivity contribution in [2.75, 3.05) is 6.61 Å². The van der Waals surface area contributed by atoms with Crippen molar-refractivity contribution in [2.24, 2.45) is 0 Å².